The van der Waals surface area contributed by atoms with Gasteiger partial charge in [-0.15, -0.1) is 0 Å². The van der Waals surface area contributed by atoms with Crippen molar-refractivity contribution < 1.29 is 9.18 Å². The molecule has 0 spiro atoms. The molecular weight excluding hydrogens is 255 g/mol. The maximum absolute atomic E-state index is 12.7. The molecule has 0 unspecified atom stereocenters. The number of aryl methyl sites for hydroxylation is 1. The van der Waals surface area contributed by atoms with Gasteiger partial charge in [-0.2, -0.15) is 0 Å². The molecule has 1 heterocycles. The number of pyridine rings is 1. The molecule has 1 amide bonds. The molecule has 0 saturated heterocycles. The number of hydrogen-bond acceptors (Lipinski definition) is 2. The molecule has 20 heavy (non-hydrogen) atoms. The van der Waals surface area contributed by atoms with Gasteiger partial charge < -0.3 is 5.32 Å². The third-order valence-corrected chi connectivity index (χ3v) is 2.99. The van der Waals surface area contributed by atoms with E-state index in [1.165, 1.54) is 12.1 Å². The Balaban J connectivity index is 1.75. The lowest BCUT2D eigenvalue weighted by Gasteiger charge is -2.05. The largest absolute Gasteiger partial charge is 0.355 e. The van der Waals surface area contributed by atoms with E-state index in [-0.39, 0.29) is 11.7 Å². The van der Waals surface area contributed by atoms with Crippen molar-refractivity contribution in [1.29, 1.82) is 0 Å². The quantitative estimate of drug-likeness (QED) is 0.908. The molecule has 0 atom stereocenters. The van der Waals surface area contributed by atoms with Gasteiger partial charge in [-0.25, -0.2) is 4.39 Å². The first-order valence-electron chi connectivity index (χ1n) is 6.56. The first kappa shape index (κ1) is 14.2. The fourth-order valence-corrected chi connectivity index (χ4v) is 1.85. The highest BCUT2D eigenvalue weighted by atomic mass is 19.1. The van der Waals surface area contributed by atoms with Crippen molar-refractivity contribution in [3.63, 3.8) is 0 Å². The topological polar surface area (TPSA) is 42.0 Å². The Morgan fingerprint density at radius 3 is 2.50 bits per heavy atom. The SMILES string of the molecule is Cc1ccc(CC(=O)NCCc2ccc(F)cc2)cn1. The number of benzene rings is 1. The number of rotatable bonds is 5. The summed E-state index contributed by atoms with van der Waals surface area (Å²) in [6.07, 6.45) is 2.74. The summed E-state index contributed by atoms with van der Waals surface area (Å²) in [5.74, 6) is -0.276. The molecule has 0 aliphatic carbocycles. The van der Waals surface area contributed by atoms with Gasteiger partial charge >= 0.3 is 0 Å². The van der Waals surface area contributed by atoms with E-state index in [2.05, 4.69) is 10.3 Å². The van der Waals surface area contributed by atoms with Crippen LogP contribution in [-0.4, -0.2) is 17.4 Å². The second-order valence-electron chi connectivity index (χ2n) is 4.71. The van der Waals surface area contributed by atoms with E-state index in [4.69, 9.17) is 0 Å². The van der Waals surface area contributed by atoms with Gasteiger partial charge in [0.15, 0.2) is 0 Å². The number of halogens is 1. The van der Waals surface area contributed by atoms with Crippen LogP contribution in [0, 0.1) is 12.7 Å². The van der Waals surface area contributed by atoms with Gasteiger partial charge in [0, 0.05) is 18.4 Å². The molecule has 0 saturated carbocycles. The van der Waals surface area contributed by atoms with Crippen LogP contribution in [0.3, 0.4) is 0 Å². The Bertz CT molecular complexity index is 564. The van der Waals surface area contributed by atoms with Crippen LogP contribution in [0.25, 0.3) is 0 Å². The summed E-state index contributed by atoms with van der Waals surface area (Å²) >= 11 is 0. The summed E-state index contributed by atoms with van der Waals surface area (Å²) in [5.41, 5.74) is 2.84. The van der Waals surface area contributed by atoms with Crippen LogP contribution in [0.2, 0.25) is 0 Å². The van der Waals surface area contributed by atoms with Crippen LogP contribution in [0.1, 0.15) is 16.8 Å². The molecule has 0 aliphatic heterocycles. The average molecular weight is 272 g/mol. The summed E-state index contributed by atoms with van der Waals surface area (Å²) in [6.45, 7) is 2.45. The van der Waals surface area contributed by atoms with E-state index in [1.54, 1.807) is 18.3 Å². The van der Waals surface area contributed by atoms with Crippen LogP contribution in [0.4, 0.5) is 4.39 Å². The highest BCUT2D eigenvalue weighted by molar-refractivity contribution is 5.78. The van der Waals surface area contributed by atoms with E-state index >= 15 is 0 Å². The van der Waals surface area contributed by atoms with Crippen LogP contribution in [0.15, 0.2) is 42.6 Å². The highest BCUT2D eigenvalue weighted by Gasteiger charge is 2.03. The standard InChI is InChI=1S/C16H17FN2O/c1-12-2-3-14(11-19-12)10-16(20)18-9-8-13-4-6-15(17)7-5-13/h2-7,11H,8-10H2,1H3,(H,18,20). The minimum absolute atomic E-state index is 0.0298. The lowest BCUT2D eigenvalue weighted by molar-refractivity contribution is -0.120. The zero-order valence-corrected chi connectivity index (χ0v) is 11.4. The summed E-state index contributed by atoms with van der Waals surface area (Å²) < 4.78 is 12.7. The van der Waals surface area contributed by atoms with Gasteiger partial charge in [-0.05, 0) is 42.7 Å². The average Bonchev–Trinajstić information content (AvgIpc) is 2.44. The van der Waals surface area contributed by atoms with Crippen LogP contribution in [0.5, 0.6) is 0 Å². The van der Waals surface area contributed by atoms with E-state index in [0.717, 1.165) is 16.8 Å². The molecule has 2 aromatic rings. The molecule has 0 radical (unpaired) electrons. The van der Waals surface area contributed by atoms with Crippen LogP contribution in [-0.2, 0) is 17.6 Å². The van der Waals surface area contributed by atoms with Crippen molar-refractivity contribution in [1.82, 2.24) is 10.3 Å². The monoisotopic (exact) mass is 272 g/mol. The molecule has 1 N–H and O–H groups in total. The molecule has 0 aliphatic rings. The fraction of sp³-hybridized carbons (Fsp3) is 0.250. The summed E-state index contributed by atoms with van der Waals surface area (Å²) in [7, 11) is 0. The lowest BCUT2D eigenvalue weighted by Crippen LogP contribution is -2.27. The van der Waals surface area contributed by atoms with E-state index in [0.29, 0.717) is 19.4 Å². The van der Waals surface area contributed by atoms with Gasteiger partial charge in [0.25, 0.3) is 0 Å². The third-order valence-electron chi connectivity index (χ3n) is 2.99. The third kappa shape index (κ3) is 4.46. The number of nitrogens with zero attached hydrogens (tertiary/aromatic N) is 1. The van der Waals surface area contributed by atoms with Crippen molar-refractivity contribution in [3.8, 4) is 0 Å². The Kier molecular flexibility index (Phi) is 4.82. The first-order valence-corrected chi connectivity index (χ1v) is 6.56. The number of nitrogens with one attached hydrogen (secondary N) is 1. The molecule has 1 aromatic heterocycles. The number of carbonyl (C=O) groups excluding carboxylic acids is 1. The Morgan fingerprint density at radius 1 is 1.15 bits per heavy atom. The molecule has 104 valence electrons. The van der Waals surface area contributed by atoms with Gasteiger partial charge in [0.05, 0.1) is 6.42 Å². The minimum Gasteiger partial charge on any atom is -0.355 e. The second-order valence-corrected chi connectivity index (χ2v) is 4.71. The van der Waals surface area contributed by atoms with Gasteiger partial charge in [0.1, 0.15) is 5.82 Å². The molecule has 0 bridgehead atoms. The number of amides is 1. The Labute approximate surface area is 117 Å². The fourth-order valence-electron chi connectivity index (χ4n) is 1.85. The highest BCUT2D eigenvalue weighted by Crippen LogP contribution is 2.03. The normalized spacial score (nSPS) is 10.3. The lowest BCUT2D eigenvalue weighted by atomic mass is 10.1. The van der Waals surface area contributed by atoms with E-state index < -0.39 is 0 Å². The number of hydrogen-bond donors (Lipinski definition) is 1. The molecule has 0 fully saturated rings. The second kappa shape index (κ2) is 6.80. The van der Waals surface area contributed by atoms with Crippen molar-refractivity contribution >= 4 is 5.91 Å². The predicted molar refractivity (Wildman–Crippen MR) is 75.8 cm³/mol. The van der Waals surface area contributed by atoms with Gasteiger partial charge in [-0.1, -0.05) is 18.2 Å². The van der Waals surface area contributed by atoms with Crippen molar-refractivity contribution in [2.24, 2.45) is 0 Å². The summed E-state index contributed by atoms with van der Waals surface area (Å²) in [6, 6.07) is 10.1. The maximum atomic E-state index is 12.7. The predicted octanol–water partition coefficient (Wildman–Crippen LogP) is 2.43. The van der Waals surface area contributed by atoms with Crippen LogP contribution >= 0.6 is 0 Å². The van der Waals surface area contributed by atoms with Crippen molar-refractivity contribution in [2.45, 2.75) is 19.8 Å². The maximum Gasteiger partial charge on any atom is 0.224 e. The Morgan fingerprint density at radius 2 is 1.85 bits per heavy atom. The summed E-state index contributed by atoms with van der Waals surface area (Å²) in [5, 5.41) is 2.85. The zero-order chi connectivity index (χ0) is 14.4. The number of aromatic nitrogens is 1. The molecular formula is C16H17FN2O. The van der Waals surface area contributed by atoms with Crippen LogP contribution < -0.4 is 5.32 Å². The Hall–Kier alpha value is -2.23. The van der Waals surface area contributed by atoms with E-state index in [1.807, 2.05) is 19.1 Å². The smallest absolute Gasteiger partial charge is 0.224 e. The minimum atomic E-state index is -0.246. The van der Waals surface area contributed by atoms with Gasteiger partial charge in [0.2, 0.25) is 5.91 Å². The van der Waals surface area contributed by atoms with Gasteiger partial charge in [-0.3, -0.25) is 9.78 Å². The first-order chi connectivity index (χ1) is 9.63. The number of carbonyl (C=O) groups is 1. The molecule has 1 aromatic carbocycles. The van der Waals surface area contributed by atoms with Crippen molar-refractivity contribution in [3.05, 3.63) is 65.2 Å². The molecule has 2 rings (SSSR count). The van der Waals surface area contributed by atoms with E-state index in [9.17, 15) is 9.18 Å². The van der Waals surface area contributed by atoms with Crippen molar-refractivity contribution in [2.75, 3.05) is 6.54 Å². The zero-order valence-electron chi connectivity index (χ0n) is 11.4. The summed E-state index contributed by atoms with van der Waals surface area (Å²) in [4.78, 5) is 15.9. The molecule has 4 heteroatoms. The molecule has 3 nitrogen and oxygen atoms in total.